The summed E-state index contributed by atoms with van der Waals surface area (Å²) in [5.74, 6) is 4.82. The fourth-order valence-electron chi connectivity index (χ4n) is 0.840. The second kappa shape index (κ2) is 6.68. The molecule has 0 saturated heterocycles. The third kappa shape index (κ3) is 4.75. The minimum absolute atomic E-state index is 0.427. The Labute approximate surface area is 73.2 Å². The molecule has 0 aliphatic heterocycles. The van der Waals surface area contributed by atoms with Crippen LogP contribution in [0.4, 0.5) is 0 Å². The van der Waals surface area contributed by atoms with Crippen molar-refractivity contribution in [2.75, 3.05) is 6.54 Å². The number of carboxylic acid groups (broad SMARTS) is 1. The highest BCUT2D eigenvalue weighted by molar-refractivity contribution is 5.73. The van der Waals surface area contributed by atoms with E-state index in [4.69, 9.17) is 5.11 Å². The van der Waals surface area contributed by atoms with E-state index in [0.717, 1.165) is 0 Å². The summed E-state index contributed by atoms with van der Waals surface area (Å²) in [5.41, 5.74) is 0. The largest absolute Gasteiger partial charge is 0.480 e. The summed E-state index contributed by atoms with van der Waals surface area (Å²) < 4.78 is 0. The zero-order valence-electron chi connectivity index (χ0n) is 7.55. The molecule has 3 heteroatoms. The molecule has 0 amide bonds. The second-order valence-electron chi connectivity index (χ2n) is 2.43. The van der Waals surface area contributed by atoms with Crippen LogP contribution in [-0.2, 0) is 4.79 Å². The summed E-state index contributed by atoms with van der Waals surface area (Å²) in [5, 5.41) is 11.5. The van der Waals surface area contributed by atoms with Crippen molar-refractivity contribution in [2.24, 2.45) is 0 Å². The maximum atomic E-state index is 10.5. The zero-order chi connectivity index (χ0) is 9.40. The first-order valence-corrected chi connectivity index (χ1v) is 4.08. The van der Waals surface area contributed by atoms with Crippen molar-refractivity contribution in [1.29, 1.82) is 0 Å². The van der Waals surface area contributed by atoms with Crippen LogP contribution in [0.15, 0.2) is 0 Å². The Balaban J connectivity index is 3.56. The van der Waals surface area contributed by atoms with Gasteiger partial charge in [-0.2, -0.15) is 0 Å². The third-order valence-corrected chi connectivity index (χ3v) is 1.52. The molecule has 68 valence electrons. The third-order valence-electron chi connectivity index (χ3n) is 1.52. The van der Waals surface area contributed by atoms with Crippen molar-refractivity contribution in [3.05, 3.63) is 0 Å². The van der Waals surface area contributed by atoms with Crippen LogP contribution >= 0.6 is 0 Å². The molecule has 0 fully saturated rings. The van der Waals surface area contributed by atoms with Gasteiger partial charge in [0.25, 0.3) is 0 Å². The average molecular weight is 169 g/mol. The number of hydrogen-bond acceptors (Lipinski definition) is 2. The van der Waals surface area contributed by atoms with Gasteiger partial charge in [0, 0.05) is 13.0 Å². The quantitative estimate of drug-likeness (QED) is 0.474. The normalized spacial score (nSPS) is 11.5. The zero-order valence-corrected chi connectivity index (χ0v) is 7.55. The van der Waals surface area contributed by atoms with Gasteiger partial charge in [-0.1, -0.05) is 6.92 Å². The van der Waals surface area contributed by atoms with E-state index in [-0.39, 0.29) is 0 Å². The molecule has 0 bridgehead atoms. The van der Waals surface area contributed by atoms with Crippen molar-refractivity contribution >= 4 is 5.97 Å². The summed E-state index contributed by atoms with van der Waals surface area (Å²) in [6.07, 6.45) is 1.31. The molecule has 0 aromatic rings. The number of hydrogen-bond donors (Lipinski definition) is 2. The summed E-state index contributed by atoms with van der Waals surface area (Å²) in [6.45, 7) is 4.26. The Morgan fingerprint density at radius 1 is 1.67 bits per heavy atom. The lowest BCUT2D eigenvalue weighted by Crippen LogP contribution is -2.36. The number of aliphatic carboxylic acids is 1. The van der Waals surface area contributed by atoms with Crippen molar-refractivity contribution in [2.45, 2.75) is 32.7 Å². The van der Waals surface area contributed by atoms with Gasteiger partial charge >= 0.3 is 5.97 Å². The molecule has 0 aliphatic rings. The van der Waals surface area contributed by atoms with Crippen LogP contribution < -0.4 is 5.32 Å². The van der Waals surface area contributed by atoms with Gasteiger partial charge in [-0.15, -0.1) is 11.8 Å². The van der Waals surface area contributed by atoms with Crippen LogP contribution in [0.3, 0.4) is 0 Å². The number of carboxylic acids is 1. The average Bonchev–Trinajstić information content (AvgIpc) is 2.04. The van der Waals surface area contributed by atoms with Gasteiger partial charge in [0.2, 0.25) is 0 Å². The van der Waals surface area contributed by atoms with Gasteiger partial charge in [-0.25, -0.2) is 0 Å². The van der Waals surface area contributed by atoms with E-state index in [1.54, 1.807) is 6.92 Å². The van der Waals surface area contributed by atoms with E-state index in [9.17, 15) is 4.79 Å². The van der Waals surface area contributed by atoms with Crippen molar-refractivity contribution < 1.29 is 9.90 Å². The Bertz CT molecular complexity index is 190. The molecule has 0 spiro atoms. The predicted octanol–water partition coefficient (Wildman–Crippen LogP) is 0.853. The van der Waals surface area contributed by atoms with Gasteiger partial charge in [-0.3, -0.25) is 4.79 Å². The Kier molecular flexibility index (Phi) is 6.12. The highest BCUT2D eigenvalue weighted by Gasteiger charge is 2.12. The van der Waals surface area contributed by atoms with Gasteiger partial charge in [0.1, 0.15) is 6.04 Å². The molecule has 0 saturated carbocycles. The minimum atomic E-state index is -0.790. The highest BCUT2D eigenvalue weighted by atomic mass is 16.4. The Morgan fingerprint density at radius 3 is 2.75 bits per heavy atom. The SMILES string of the molecule is CC#CCCNC(CC)C(=O)O. The first-order valence-electron chi connectivity index (χ1n) is 4.08. The molecule has 1 unspecified atom stereocenters. The molecule has 0 aromatic heterocycles. The number of carbonyl (C=O) groups is 1. The molecule has 1 atom stereocenters. The molecular formula is C9H15NO2. The summed E-state index contributed by atoms with van der Waals surface area (Å²) in [6, 6.07) is -0.427. The Hall–Kier alpha value is -1.01. The van der Waals surface area contributed by atoms with Crippen LogP contribution in [0.1, 0.15) is 26.7 Å². The highest BCUT2D eigenvalue weighted by Crippen LogP contribution is 1.90. The molecule has 2 N–H and O–H groups in total. The fraction of sp³-hybridized carbons (Fsp3) is 0.667. The van der Waals surface area contributed by atoms with E-state index in [2.05, 4.69) is 17.2 Å². The van der Waals surface area contributed by atoms with E-state index in [1.165, 1.54) is 0 Å². The standard InChI is InChI=1S/C9H15NO2/c1-3-5-6-7-10-8(4-2)9(11)12/h8,10H,4,6-7H2,1-2H3,(H,11,12). The lowest BCUT2D eigenvalue weighted by Gasteiger charge is -2.09. The second-order valence-corrected chi connectivity index (χ2v) is 2.43. The van der Waals surface area contributed by atoms with Crippen LogP contribution in [0.5, 0.6) is 0 Å². The summed E-state index contributed by atoms with van der Waals surface area (Å²) in [4.78, 5) is 10.5. The monoisotopic (exact) mass is 169 g/mol. The van der Waals surface area contributed by atoms with E-state index in [1.807, 2.05) is 6.92 Å². The maximum Gasteiger partial charge on any atom is 0.320 e. The first kappa shape index (κ1) is 11.0. The lowest BCUT2D eigenvalue weighted by molar-refractivity contribution is -0.139. The first-order chi connectivity index (χ1) is 5.72. The molecule has 0 aromatic carbocycles. The van der Waals surface area contributed by atoms with Crippen LogP contribution in [-0.4, -0.2) is 23.7 Å². The topological polar surface area (TPSA) is 49.3 Å². The minimum Gasteiger partial charge on any atom is -0.480 e. The van der Waals surface area contributed by atoms with Crippen LogP contribution in [0, 0.1) is 11.8 Å². The molecule has 0 aliphatic carbocycles. The molecule has 12 heavy (non-hydrogen) atoms. The van der Waals surface area contributed by atoms with Crippen molar-refractivity contribution in [1.82, 2.24) is 5.32 Å². The summed E-state index contributed by atoms with van der Waals surface area (Å²) >= 11 is 0. The van der Waals surface area contributed by atoms with Crippen molar-refractivity contribution in [3.8, 4) is 11.8 Å². The van der Waals surface area contributed by atoms with E-state index in [0.29, 0.717) is 19.4 Å². The summed E-state index contributed by atoms with van der Waals surface area (Å²) in [7, 11) is 0. The smallest absolute Gasteiger partial charge is 0.320 e. The van der Waals surface area contributed by atoms with Gasteiger partial charge in [-0.05, 0) is 13.3 Å². The van der Waals surface area contributed by atoms with Crippen LogP contribution in [0.25, 0.3) is 0 Å². The lowest BCUT2D eigenvalue weighted by atomic mass is 10.2. The molecule has 0 heterocycles. The maximum absolute atomic E-state index is 10.5. The predicted molar refractivity (Wildman–Crippen MR) is 47.8 cm³/mol. The molecule has 0 radical (unpaired) electrons. The van der Waals surface area contributed by atoms with E-state index >= 15 is 0 Å². The molecular weight excluding hydrogens is 154 g/mol. The number of rotatable bonds is 5. The molecule has 3 nitrogen and oxygen atoms in total. The molecule has 0 rings (SSSR count). The van der Waals surface area contributed by atoms with Gasteiger partial charge in [0.15, 0.2) is 0 Å². The van der Waals surface area contributed by atoms with Gasteiger partial charge < -0.3 is 10.4 Å². The van der Waals surface area contributed by atoms with Gasteiger partial charge in [0.05, 0.1) is 0 Å². The van der Waals surface area contributed by atoms with Crippen molar-refractivity contribution in [3.63, 3.8) is 0 Å². The van der Waals surface area contributed by atoms with Crippen LogP contribution in [0.2, 0.25) is 0 Å². The fourth-order valence-corrected chi connectivity index (χ4v) is 0.840. The number of nitrogens with one attached hydrogen (secondary N) is 1. The Morgan fingerprint density at radius 2 is 2.33 bits per heavy atom. The van der Waals surface area contributed by atoms with E-state index < -0.39 is 12.0 Å².